The van der Waals surface area contributed by atoms with E-state index in [1.54, 1.807) is 11.8 Å². The highest BCUT2D eigenvalue weighted by Gasteiger charge is 2.24. The van der Waals surface area contributed by atoms with Crippen LogP contribution in [0.5, 0.6) is 0 Å². The molecule has 26 heavy (non-hydrogen) atoms. The van der Waals surface area contributed by atoms with Crippen molar-refractivity contribution in [3.8, 4) is 0 Å². The topological polar surface area (TPSA) is 106 Å². The van der Waals surface area contributed by atoms with Gasteiger partial charge in [0.15, 0.2) is 0 Å². The molecule has 1 saturated heterocycles. The summed E-state index contributed by atoms with van der Waals surface area (Å²) in [6.45, 7) is 1.89. The molecule has 140 valence electrons. The fourth-order valence-electron chi connectivity index (χ4n) is 3.13. The second-order valence-corrected chi connectivity index (χ2v) is 7.31. The van der Waals surface area contributed by atoms with Crippen molar-refractivity contribution in [3.05, 3.63) is 29.7 Å². The largest absolute Gasteiger partial charge is 0.392 e. The van der Waals surface area contributed by atoms with E-state index in [9.17, 15) is 9.90 Å². The van der Waals surface area contributed by atoms with Gasteiger partial charge in [-0.2, -0.15) is 0 Å². The number of hydrogen-bond acceptors (Lipinski definition) is 7. The molecule has 4 rings (SSSR count). The fraction of sp³-hybridized carbons (Fsp3) is 0.438. The zero-order valence-electron chi connectivity index (χ0n) is 14.0. The number of aliphatic hydroxyl groups excluding tert-OH is 1. The Hall–Kier alpha value is -1.81. The first-order valence-corrected chi connectivity index (χ1v) is 9.28. The molecule has 10 heteroatoms. The van der Waals surface area contributed by atoms with E-state index in [0.29, 0.717) is 24.4 Å². The molecule has 0 bridgehead atoms. The summed E-state index contributed by atoms with van der Waals surface area (Å²) in [5.41, 5.74) is 0.786. The second-order valence-electron chi connectivity index (χ2n) is 6.18. The van der Waals surface area contributed by atoms with Crippen molar-refractivity contribution in [1.29, 1.82) is 0 Å². The molecule has 2 aliphatic rings. The van der Waals surface area contributed by atoms with Crippen molar-refractivity contribution in [3.63, 3.8) is 0 Å². The third kappa shape index (κ3) is 3.96. The molecule has 0 spiro atoms. The predicted octanol–water partition coefficient (Wildman–Crippen LogP) is 0.613. The molecule has 0 unspecified atom stereocenters. The number of nitrogens with one attached hydrogen (secondary N) is 3. The van der Waals surface area contributed by atoms with Crippen LogP contribution in [0.3, 0.4) is 0 Å². The first-order chi connectivity index (χ1) is 12.2. The summed E-state index contributed by atoms with van der Waals surface area (Å²) in [5.74, 6) is 1.53. The van der Waals surface area contributed by atoms with Crippen molar-refractivity contribution in [2.24, 2.45) is 0 Å². The van der Waals surface area contributed by atoms with Crippen molar-refractivity contribution < 1.29 is 9.90 Å². The Kier molecular flexibility index (Phi) is 6.02. The van der Waals surface area contributed by atoms with E-state index < -0.39 is 0 Å². The summed E-state index contributed by atoms with van der Waals surface area (Å²) >= 11 is 1.55. The number of H-pyrrole nitrogens is 1. The van der Waals surface area contributed by atoms with Gasteiger partial charge in [-0.3, -0.25) is 4.79 Å². The quantitative estimate of drug-likeness (QED) is 0.600. The molecule has 1 fully saturated rings. The second kappa shape index (κ2) is 8.26. The summed E-state index contributed by atoms with van der Waals surface area (Å²) in [5, 5.41) is 16.6. The van der Waals surface area contributed by atoms with E-state index in [2.05, 4.69) is 25.6 Å². The first-order valence-electron chi connectivity index (χ1n) is 8.29. The van der Waals surface area contributed by atoms with Gasteiger partial charge in [-0.25, -0.2) is 9.97 Å². The number of fused-ring (bicyclic) bond motifs is 1. The summed E-state index contributed by atoms with van der Waals surface area (Å²) in [6, 6.07) is 2.07. The lowest BCUT2D eigenvalue weighted by Crippen LogP contribution is -2.38. The minimum Gasteiger partial charge on any atom is -0.392 e. The Labute approximate surface area is 161 Å². The number of thioether (sulfide) groups is 1. The highest BCUT2D eigenvalue weighted by Crippen LogP contribution is 2.28. The summed E-state index contributed by atoms with van der Waals surface area (Å²) in [7, 11) is 0. The van der Waals surface area contributed by atoms with Gasteiger partial charge < -0.3 is 25.6 Å². The monoisotopic (exact) mass is 396 g/mol. The van der Waals surface area contributed by atoms with E-state index in [4.69, 9.17) is 0 Å². The Bertz CT molecular complexity index is 813. The molecule has 0 radical (unpaired) electrons. The van der Waals surface area contributed by atoms with Crippen LogP contribution in [0.2, 0.25) is 0 Å². The van der Waals surface area contributed by atoms with Gasteiger partial charge in [0.05, 0.1) is 16.4 Å². The molecule has 2 aromatic heterocycles. The van der Waals surface area contributed by atoms with Crippen LogP contribution in [0.25, 0.3) is 11.0 Å². The van der Waals surface area contributed by atoms with Gasteiger partial charge in [-0.1, -0.05) is 0 Å². The van der Waals surface area contributed by atoms with Crippen LogP contribution in [0.15, 0.2) is 29.7 Å². The Morgan fingerprint density at radius 1 is 1.46 bits per heavy atom. The highest BCUT2D eigenvalue weighted by molar-refractivity contribution is 8.04. The van der Waals surface area contributed by atoms with Gasteiger partial charge in [0.2, 0.25) is 0 Å². The van der Waals surface area contributed by atoms with Gasteiger partial charge >= 0.3 is 0 Å². The number of anilines is 1. The molecule has 0 saturated carbocycles. The Morgan fingerprint density at radius 2 is 2.35 bits per heavy atom. The number of carbonyl (C=O) groups is 1. The smallest absolute Gasteiger partial charge is 0.259 e. The van der Waals surface area contributed by atoms with E-state index in [-0.39, 0.29) is 30.5 Å². The molecule has 8 nitrogen and oxygen atoms in total. The van der Waals surface area contributed by atoms with Crippen LogP contribution in [-0.4, -0.2) is 63.5 Å². The maximum Gasteiger partial charge on any atom is 0.259 e. The zero-order chi connectivity index (χ0) is 17.2. The van der Waals surface area contributed by atoms with Crippen LogP contribution in [0, 0.1) is 0 Å². The summed E-state index contributed by atoms with van der Waals surface area (Å²) in [4.78, 5) is 26.8. The van der Waals surface area contributed by atoms with Gasteiger partial charge in [0, 0.05) is 43.8 Å². The molecule has 4 N–H and O–H groups in total. The average Bonchev–Trinajstić information content (AvgIpc) is 3.28. The number of hydrogen-bond donors (Lipinski definition) is 4. The number of nitrogens with zero attached hydrogens (tertiary/aromatic N) is 3. The van der Waals surface area contributed by atoms with Crippen molar-refractivity contribution >= 4 is 46.9 Å². The molecule has 0 aliphatic carbocycles. The summed E-state index contributed by atoms with van der Waals surface area (Å²) < 4.78 is 0. The number of aromatic nitrogens is 3. The lowest BCUT2D eigenvalue weighted by Gasteiger charge is -2.25. The number of aliphatic hydroxyl groups is 1. The first kappa shape index (κ1) is 19.0. The third-order valence-corrected chi connectivity index (χ3v) is 5.39. The highest BCUT2D eigenvalue weighted by atomic mass is 35.5. The van der Waals surface area contributed by atoms with Gasteiger partial charge in [0.1, 0.15) is 17.8 Å². The molecular weight excluding hydrogens is 376 g/mol. The third-order valence-electron chi connectivity index (χ3n) is 4.40. The van der Waals surface area contributed by atoms with Crippen LogP contribution in [0.4, 0.5) is 5.82 Å². The molecule has 4 heterocycles. The zero-order valence-corrected chi connectivity index (χ0v) is 15.6. The SMILES string of the molecule is Cl.O=C(NC[C@H]1C[C@@H](O)CN1)C1=CN(c2ncnc3[nH]ccc23)CCS1. The van der Waals surface area contributed by atoms with Crippen molar-refractivity contribution in [2.45, 2.75) is 18.6 Å². The van der Waals surface area contributed by atoms with Crippen molar-refractivity contribution in [2.75, 3.05) is 30.3 Å². The average molecular weight is 397 g/mol. The number of carbonyl (C=O) groups excluding carboxylic acids is 1. The maximum atomic E-state index is 12.5. The molecule has 2 atom stereocenters. The van der Waals surface area contributed by atoms with E-state index in [0.717, 1.165) is 29.1 Å². The standard InChI is InChI=1S/C16H20N6O2S.ClH/c23-11-5-10(18-7-11)6-19-16(24)13-8-22(3-4-25-13)15-12-1-2-17-14(12)20-9-21-15;/h1-2,8-11,18,23H,3-7H2,(H,19,24)(H,17,20,21);1H/t10-,11-;/m1./s1. The lowest BCUT2D eigenvalue weighted by molar-refractivity contribution is -0.116. The van der Waals surface area contributed by atoms with Crippen LogP contribution < -0.4 is 15.5 Å². The van der Waals surface area contributed by atoms with Crippen LogP contribution in [-0.2, 0) is 4.79 Å². The van der Waals surface area contributed by atoms with Gasteiger partial charge in [0.25, 0.3) is 5.91 Å². The van der Waals surface area contributed by atoms with E-state index >= 15 is 0 Å². The minimum atomic E-state index is -0.317. The van der Waals surface area contributed by atoms with Crippen LogP contribution >= 0.6 is 24.2 Å². The van der Waals surface area contributed by atoms with Gasteiger partial charge in [-0.05, 0) is 12.5 Å². The Balaban J connectivity index is 0.00000196. The number of aromatic amines is 1. The Morgan fingerprint density at radius 3 is 3.15 bits per heavy atom. The van der Waals surface area contributed by atoms with Crippen molar-refractivity contribution in [1.82, 2.24) is 25.6 Å². The van der Waals surface area contributed by atoms with E-state index in [1.165, 1.54) is 6.33 Å². The molecule has 2 aromatic rings. The predicted molar refractivity (Wildman–Crippen MR) is 104 cm³/mol. The molecule has 1 amide bonds. The number of amides is 1. The van der Waals surface area contributed by atoms with E-state index in [1.807, 2.05) is 23.4 Å². The number of β-amino-alcohol motifs (C(OH)–C–C–N with tert-alkyl or cyclic N) is 1. The lowest BCUT2D eigenvalue weighted by atomic mass is 10.2. The molecular formula is C16H21ClN6O2S. The number of rotatable bonds is 4. The maximum absolute atomic E-state index is 12.5. The minimum absolute atomic E-state index is 0. The normalized spacial score (nSPS) is 22.8. The number of halogens is 1. The van der Waals surface area contributed by atoms with Gasteiger partial charge in [-0.15, -0.1) is 24.2 Å². The van der Waals surface area contributed by atoms with Crippen LogP contribution in [0.1, 0.15) is 6.42 Å². The fourth-order valence-corrected chi connectivity index (χ4v) is 4.05. The molecule has 0 aromatic carbocycles. The molecule has 2 aliphatic heterocycles. The summed E-state index contributed by atoms with van der Waals surface area (Å²) in [6.07, 6.45) is 5.57.